The van der Waals surface area contributed by atoms with Crippen LogP contribution in [0.2, 0.25) is 0 Å². The molecule has 0 spiro atoms. The van der Waals surface area contributed by atoms with Crippen LogP contribution in [0.3, 0.4) is 0 Å². The summed E-state index contributed by atoms with van der Waals surface area (Å²) in [4.78, 5) is 147. The maximum atomic E-state index is 14.8. The zero-order chi connectivity index (χ0) is 92.1. The van der Waals surface area contributed by atoms with E-state index in [1.807, 2.05) is 98.8 Å². The number of pyridine rings is 2. The van der Waals surface area contributed by atoms with Gasteiger partial charge < -0.3 is 75.2 Å². The molecule has 0 bridgehead atoms. The summed E-state index contributed by atoms with van der Waals surface area (Å²) in [5, 5.41) is 32.4. The Morgan fingerprint density at radius 2 is 0.920 bits per heavy atom. The summed E-state index contributed by atoms with van der Waals surface area (Å²) in [6.45, 7) is 32.8. The molecular formula is C90H118N12O21S2. The van der Waals surface area contributed by atoms with Gasteiger partial charge in [0.15, 0.2) is 9.49 Å². The molecule has 4 heterocycles. The van der Waals surface area contributed by atoms with Crippen LogP contribution in [0, 0.1) is 22.7 Å². The summed E-state index contributed by atoms with van der Waals surface area (Å²) in [6, 6.07) is 28.9. The van der Waals surface area contributed by atoms with Gasteiger partial charge in [0.25, 0.3) is 5.91 Å². The Hall–Kier alpha value is -11.5. The Bertz CT molecular complexity index is 5350. The molecule has 0 radical (unpaired) electrons. The van der Waals surface area contributed by atoms with Crippen LogP contribution in [0.15, 0.2) is 135 Å². The summed E-state index contributed by atoms with van der Waals surface area (Å²) < 4.78 is 83.6. The number of rotatable bonds is 29. The molecule has 2 unspecified atom stereocenters. The van der Waals surface area contributed by atoms with E-state index in [0.29, 0.717) is 82.0 Å². The summed E-state index contributed by atoms with van der Waals surface area (Å²) >= 11 is 0. The quantitative estimate of drug-likeness (QED) is 0.0197. The van der Waals surface area contributed by atoms with Crippen molar-refractivity contribution >= 4 is 101 Å². The number of benzene rings is 4. The molecule has 2 aliphatic heterocycles. The number of carbonyl (C=O) groups is 10. The minimum absolute atomic E-state index is 0.00883. The molecule has 4 aromatic carbocycles. The van der Waals surface area contributed by atoms with Crippen molar-refractivity contribution in [2.75, 3.05) is 40.4 Å². The lowest BCUT2D eigenvalue weighted by Gasteiger charge is -2.36. The number of carboxylic acid groups (broad SMARTS) is 1. The van der Waals surface area contributed by atoms with E-state index in [2.05, 4.69) is 49.8 Å². The number of aromatic nitrogens is 2. The second-order valence-corrected chi connectivity index (χ2v) is 40.5. The molecule has 4 aliphatic carbocycles. The van der Waals surface area contributed by atoms with E-state index >= 15 is 0 Å². The van der Waals surface area contributed by atoms with Crippen molar-refractivity contribution in [2.45, 2.75) is 229 Å². The van der Waals surface area contributed by atoms with Gasteiger partial charge in [-0.3, -0.25) is 38.3 Å². The number of carbonyl (C=O) groups excluding carboxylic acids is 9. The van der Waals surface area contributed by atoms with Gasteiger partial charge in [-0.2, -0.15) is 0 Å². The predicted octanol–water partition coefficient (Wildman–Crippen LogP) is 9.44. The standard InChI is InChI=1S/C45H58N6O10S.C38H46N4O8.C7H14N2O3S/c1-10-21-46-39(54)44(19-20-44)62(57,58)50-40(55)45(25-28(45)11-2)49-37(52)34-23-30(26-51(34)38(53)36(42(3,4)5)48-41(56)61-43(6,7)8)60-35-24-32(27-15-13-12-14-16-27)47-33-22-29(59-9)17-18-31(33)35;1-9-23-20-38(23,34(45)46)41-32(43)29-18-25(21-42(29)33(44)31(36(2,3)4)40-35(47)50-37(5,6)7)49-30-19-27(22-13-11-10-12-14-22)39-28-17-24(48-8)15-16-26(28)30;1-2-5-9-6(10)7(3-4-7)13(8,11)12/h11-18,22,24,28,30,34,36H,2,10,19-21,23,25-26H2,1,3-9H3,(H,46,54)(H,48,56)(H,49,52)(H,50,55);9-17,19,23,25,29,31H,1,18,20-21H2,2-8H3,(H,40,47)(H,41,43)(H,45,46);2-5H2,1H3,(H,9,10)(H2,8,11,12)/t28?,30-,34+,36-,45-;23?,25-,29+,31-,38-;/m11./s1. The molecule has 2 saturated heterocycles. The van der Waals surface area contributed by atoms with Gasteiger partial charge in [-0.25, -0.2) is 46.3 Å². The molecule has 35 heteroatoms. The molecule has 6 aliphatic rings. The van der Waals surface area contributed by atoms with E-state index in [4.69, 9.17) is 43.5 Å². The number of carboxylic acids is 1. The highest BCUT2D eigenvalue weighted by atomic mass is 32.2. The second kappa shape index (κ2) is 37.4. The number of ether oxygens (including phenoxy) is 6. The van der Waals surface area contributed by atoms with Gasteiger partial charge >= 0.3 is 18.2 Å². The summed E-state index contributed by atoms with van der Waals surface area (Å²) in [5.74, 6) is -4.81. The zero-order valence-electron chi connectivity index (χ0n) is 73.8. The number of alkyl carbamates (subject to hydrolysis) is 2. The van der Waals surface area contributed by atoms with E-state index < -0.39 is 170 Å². The van der Waals surface area contributed by atoms with Gasteiger partial charge in [0.1, 0.15) is 81.7 Å². The largest absolute Gasteiger partial charge is 0.497 e. The van der Waals surface area contributed by atoms with Crippen LogP contribution in [-0.2, 0) is 67.9 Å². The molecule has 9 amide bonds. The van der Waals surface area contributed by atoms with E-state index in [0.717, 1.165) is 17.5 Å². The van der Waals surface area contributed by atoms with Crippen molar-refractivity contribution in [3.63, 3.8) is 0 Å². The van der Waals surface area contributed by atoms with Gasteiger partial charge in [-0.15, -0.1) is 13.2 Å². The molecule has 676 valence electrons. The molecule has 10 N–H and O–H groups in total. The van der Waals surface area contributed by atoms with Crippen LogP contribution in [0.25, 0.3) is 44.3 Å². The fraction of sp³-hybridized carbons (Fsp3) is 0.511. The zero-order valence-corrected chi connectivity index (χ0v) is 75.4. The summed E-state index contributed by atoms with van der Waals surface area (Å²) in [7, 11) is -5.12. The van der Waals surface area contributed by atoms with E-state index in [1.54, 1.807) is 122 Å². The smallest absolute Gasteiger partial charge is 0.408 e. The normalized spacial score (nSPS) is 21.9. The van der Waals surface area contributed by atoms with Crippen LogP contribution >= 0.6 is 0 Å². The minimum atomic E-state index is -4.52. The van der Waals surface area contributed by atoms with Gasteiger partial charge in [0.05, 0.1) is 49.7 Å². The van der Waals surface area contributed by atoms with Gasteiger partial charge in [0.2, 0.25) is 55.5 Å². The maximum absolute atomic E-state index is 14.8. The fourth-order valence-electron chi connectivity index (χ4n) is 15.2. The number of nitrogens with zero attached hydrogens (tertiary/aromatic N) is 4. The highest BCUT2D eigenvalue weighted by molar-refractivity contribution is 7.92. The Morgan fingerprint density at radius 3 is 1.25 bits per heavy atom. The number of nitrogens with two attached hydrogens (primary N) is 1. The first-order valence-electron chi connectivity index (χ1n) is 41.8. The molecule has 6 aromatic rings. The number of amides is 9. The van der Waals surface area contributed by atoms with Gasteiger partial charge in [-0.05, 0) is 128 Å². The maximum Gasteiger partial charge on any atom is 0.408 e. The van der Waals surface area contributed by atoms with Crippen molar-refractivity contribution < 1.29 is 98.3 Å². The number of fused-ring (bicyclic) bond motifs is 2. The number of likely N-dealkylation sites (tertiary alicyclic amines) is 2. The van der Waals surface area contributed by atoms with Crippen molar-refractivity contribution in [2.24, 2.45) is 27.8 Å². The number of aliphatic carboxylic acids is 1. The lowest BCUT2D eigenvalue weighted by molar-refractivity contribution is -0.146. The van der Waals surface area contributed by atoms with E-state index in [9.17, 15) is 69.9 Å². The fourth-order valence-corrected chi connectivity index (χ4v) is 17.7. The van der Waals surface area contributed by atoms with E-state index in [-0.39, 0.29) is 58.2 Å². The van der Waals surface area contributed by atoms with Crippen molar-refractivity contribution in [3.8, 4) is 45.5 Å². The van der Waals surface area contributed by atoms with Crippen LogP contribution in [0.4, 0.5) is 9.59 Å². The first kappa shape index (κ1) is 95.8. The van der Waals surface area contributed by atoms with Crippen molar-refractivity contribution in [3.05, 3.63) is 135 Å². The lowest BCUT2D eigenvalue weighted by atomic mass is 9.85. The monoisotopic (exact) mass is 1770 g/mol. The first-order valence-corrected chi connectivity index (χ1v) is 44.8. The van der Waals surface area contributed by atoms with Crippen LogP contribution in [0.5, 0.6) is 23.0 Å². The third-order valence-corrected chi connectivity index (χ3v) is 26.4. The SMILES string of the molecule is C=CC1C[C@]1(NC(=O)[C@@H]1C[C@@H](Oc2cc(-c3ccccc3)nc3cc(OC)ccc23)CN1C(=O)[C@@H](NC(=O)OC(C)(C)C)C(C)(C)C)C(=O)NS(=O)(=O)C1(C(=O)NCCC)CC1.C=CC1C[C@]1(NC(=O)[C@@H]1C[C@@H](Oc2cc(-c3ccccc3)nc3cc(OC)ccc23)CN1C(=O)[C@@H](NC(=O)OC(C)(C)C)C(C)(C)C)C(=O)O.CCCNC(=O)C1(S(N)(=O)=O)CC1. The number of methoxy groups -OCH3 is 2. The minimum Gasteiger partial charge on any atom is -0.497 e. The Morgan fingerprint density at radius 1 is 0.544 bits per heavy atom. The number of primary sulfonamides is 1. The average Bonchev–Trinajstić information content (AvgIpc) is 1.56. The Balaban J connectivity index is 0.000000231. The highest BCUT2D eigenvalue weighted by Gasteiger charge is 2.67. The lowest BCUT2D eigenvalue weighted by Crippen LogP contribution is -2.61. The van der Waals surface area contributed by atoms with Gasteiger partial charge in [0, 0.05) is 83.9 Å². The average molecular weight is 1770 g/mol. The number of nitrogens with one attached hydrogen (secondary N) is 7. The van der Waals surface area contributed by atoms with Gasteiger partial charge in [-0.1, -0.05) is 128 Å². The van der Waals surface area contributed by atoms with Crippen molar-refractivity contribution in [1.82, 2.24) is 56.4 Å². The third-order valence-electron chi connectivity index (χ3n) is 22.6. The Kier molecular flexibility index (Phi) is 28.6. The number of hydrogen-bond acceptors (Lipinski definition) is 22. The molecule has 10 atom stereocenters. The highest BCUT2D eigenvalue weighted by Crippen LogP contribution is 2.49. The van der Waals surface area contributed by atoms with Crippen LogP contribution in [0.1, 0.15) is 161 Å². The van der Waals surface area contributed by atoms with Crippen LogP contribution in [-0.4, -0.2) is 210 Å². The second-order valence-electron chi connectivity index (χ2n) is 36.7. The predicted molar refractivity (Wildman–Crippen MR) is 468 cm³/mol. The summed E-state index contributed by atoms with van der Waals surface area (Å²) in [6.07, 6.45) is 2.27. The molecular weight excluding hydrogens is 1650 g/mol. The van der Waals surface area contributed by atoms with Crippen LogP contribution < -0.4 is 60.7 Å². The molecule has 6 fully saturated rings. The number of sulfonamides is 2. The molecule has 4 saturated carbocycles. The first-order chi connectivity index (χ1) is 58.5. The molecule has 2 aromatic heterocycles. The van der Waals surface area contributed by atoms with E-state index in [1.165, 1.54) is 22.0 Å². The topological polar surface area (TPSA) is 457 Å². The molecule has 125 heavy (non-hydrogen) atoms. The summed E-state index contributed by atoms with van der Waals surface area (Å²) in [5.41, 5.74) is -2.41. The molecule has 33 nitrogen and oxygen atoms in total. The Labute approximate surface area is 729 Å². The molecule has 12 rings (SSSR count). The van der Waals surface area contributed by atoms with Crippen molar-refractivity contribution in [1.29, 1.82) is 0 Å². The number of hydrogen-bond donors (Lipinski definition) is 9. The third kappa shape index (κ3) is 22.1.